The number of ether oxygens (including phenoxy) is 1. The molecule has 7 nitrogen and oxygen atoms in total. The van der Waals surface area contributed by atoms with Crippen molar-refractivity contribution in [3.63, 3.8) is 0 Å². The maximum atomic E-state index is 12.9. The summed E-state index contributed by atoms with van der Waals surface area (Å²) in [6, 6.07) is 4.41. The number of hydrogen-bond acceptors (Lipinski definition) is 5. The fraction of sp³-hybridized carbons (Fsp3) is 0.368. The molecule has 1 aromatic carbocycles. The Morgan fingerprint density at radius 2 is 2.14 bits per heavy atom. The van der Waals surface area contributed by atoms with Crippen molar-refractivity contribution < 1.29 is 23.7 Å². The van der Waals surface area contributed by atoms with Gasteiger partial charge in [0.05, 0.1) is 18.7 Å². The molecule has 28 heavy (non-hydrogen) atoms. The van der Waals surface area contributed by atoms with Crippen LogP contribution in [0.5, 0.6) is 5.75 Å². The summed E-state index contributed by atoms with van der Waals surface area (Å²) in [7, 11) is 1.51. The molecule has 0 fully saturated rings. The van der Waals surface area contributed by atoms with E-state index >= 15 is 0 Å². The van der Waals surface area contributed by atoms with Gasteiger partial charge in [-0.25, -0.2) is 4.79 Å². The van der Waals surface area contributed by atoms with Gasteiger partial charge >= 0.3 is 11.9 Å². The van der Waals surface area contributed by atoms with Gasteiger partial charge in [-0.2, -0.15) is 14.3 Å². The van der Waals surface area contributed by atoms with Crippen molar-refractivity contribution in [1.29, 1.82) is 0 Å². The second-order valence-corrected chi connectivity index (χ2v) is 8.28. The van der Waals surface area contributed by atoms with Gasteiger partial charge in [-0.15, -0.1) is 11.8 Å². The molecule has 0 spiro atoms. The molecule has 1 unspecified atom stereocenters. The van der Waals surface area contributed by atoms with E-state index in [1.165, 1.54) is 28.3 Å². The van der Waals surface area contributed by atoms with E-state index in [2.05, 4.69) is 5.32 Å². The Morgan fingerprint density at radius 1 is 1.39 bits per heavy atom. The van der Waals surface area contributed by atoms with Crippen LogP contribution in [0.2, 0.25) is 5.02 Å². The molecular formula is C19H21ClN3O4S+. The van der Waals surface area contributed by atoms with Crippen LogP contribution in [0.3, 0.4) is 0 Å². The van der Waals surface area contributed by atoms with E-state index in [1.807, 2.05) is 13.8 Å². The summed E-state index contributed by atoms with van der Waals surface area (Å²) in [5, 5.41) is 4.39. The number of carbonyl (C=O) groups excluding carboxylic acids is 3. The first-order valence-corrected chi connectivity index (χ1v) is 10.1. The number of hydrogen-bond donors (Lipinski definition) is 1. The lowest BCUT2D eigenvalue weighted by molar-refractivity contribution is -0.426. The molecule has 2 aliphatic heterocycles. The minimum Gasteiger partial charge on any atom is -0.495 e. The summed E-state index contributed by atoms with van der Waals surface area (Å²) in [5.41, 5.74) is 1.04. The molecule has 4 amide bonds. The number of halogens is 1. The molecule has 3 rings (SSSR count). The first-order valence-electron chi connectivity index (χ1n) is 8.77. The highest BCUT2D eigenvalue weighted by molar-refractivity contribution is 8.04. The molecule has 148 valence electrons. The monoisotopic (exact) mass is 422 g/mol. The zero-order valence-corrected chi connectivity index (χ0v) is 17.3. The molecule has 0 bridgehead atoms. The van der Waals surface area contributed by atoms with Gasteiger partial charge in [0.15, 0.2) is 11.8 Å². The van der Waals surface area contributed by atoms with Gasteiger partial charge in [0.1, 0.15) is 11.5 Å². The van der Waals surface area contributed by atoms with E-state index in [1.54, 1.807) is 29.7 Å². The number of thioether (sulfide) groups is 1. The summed E-state index contributed by atoms with van der Waals surface area (Å²) in [6.45, 7) is 3.99. The van der Waals surface area contributed by atoms with Crippen LogP contribution >= 0.6 is 23.4 Å². The first kappa shape index (κ1) is 20.4. The first-order chi connectivity index (χ1) is 13.3. The van der Waals surface area contributed by atoms with Crippen molar-refractivity contribution in [1.82, 2.24) is 4.90 Å². The van der Waals surface area contributed by atoms with Crippen LogP contribution in [-0.2, 0) is 9.59 Å². The van der Waals surface area contributed by atoms with Gasteiger partial charge in [0.25, 0.3) is 5.91 Å². The highest BCUT2D eigenvalue weighted by Crippen LogP contribution is 2.29. The smallest absolute Gasteiger partial charge is 0.495 e. The van der Waals surface area contributed by atoms with Crippen molar-refractivity contribution in [2.45, 2.75) is 19.1 Å². The van der Waals surface area contributed by atoms with Crippen molar-refractivity contribution in [2.75, 3.05) is 25.5 Å². The van der Waals surface area contributed by atoms with E-state index in [4.69, 9.17) is 16.3 Å². The van der Waals surface area contributed by atoms with Gasteiger partial charge < -0.3 is 10.1 Å². The Bertz CT molecular complexity index is 897. The number of nitrogens with one attached hydrogen (secondary N) is 1. The molecule has 0 saturated carbocycles. The number of nitrogens with zero attached hydrogens (tertiary/aromatic N) is 2. The fourth-order valence-electron chi connectivity index (χ4n) is 3.03. The predicted molar refractivity (Wildman–Crippen MR) is 109 cm³/mol. The zero-order chi connectivity index (χ0) is 20.4. The molecular weight excluding hydrogens is 402 g/mol. The molecule has 2 heterocycles. The van der Waals surface area contributed by atoms with E-state index < -0.39 is 11.3 Å². The Morgan fingerprint density at radius 3 is 2.79 bits per heavy atom. The average Bonchev–Trinajstić information content (AvgIpc) is 3.12. The van der Waals surface area contributed by atoms with Gasteiger partial charge in [0, 0.05) is 5.69 Å². The molecule has 0 aliphatic carbocycles. The summed E-state index contributed by atoms with van der Waals surface area (Å²) in [4.78, 5) is 39.3. The predicted octanol–water partition coefficient (Wildman–Crippen LogP) is 2.99. The minimum atomic E-state index is -0.486. The van der Waals surface area contributed by atoms with Gasteiger partial charge in [-0.05, 0) is 35.6 Å². The van der Waals surface area contributed by atoms with Gasteiger partial charge in [-0.1, -0.05) is 25.4 Å². The van der Waals surface area contributed by atoms with Crippen molar-refractivity contribution >= 4 is 52.6 Å². The maximum Gasteiger partial charge on any atom is 0.501 e. The zero-order valence-electron chi connectivity index (χ0n) is 15.8. The van der Waals surface area contributed by atoms with E-state index in [0.717, 1.165) is 0 Å². The molecule has 0 radical (unpaired) electrons. The third kappa shape index (κ3) is 4.07. The van der Waals surface area contributed by atoms with Crippen LogP contribution in [0.25, 0.3) is 0 Å². The highest BCUT2D eigenvalue weighted by Gasteiger charge is 2.49. The van der Waals surface area contributed by atoms with Gasteiger partial charge in [0.2, 0.25) is 0 Å². The number of rotatable bonds is 6. The Kier molecular flexibility index (Phi) is 6.10. The topological polar surface area (TPSA) is 78.7 Å². The Hall–Kier alpha value is -2.32. The largest absolute Gasteiger partial charge is 0.501 e. The SMILES string of the molecule is COc1ccc(NC(=O)C[N+]2=C3C=CSC3C(=O)N(CC(C)C)C2=O)cc1Cl. The molecule has 9 heteroatoms. The highest BCUT2D eigenvalue weighted by atomic mass is 35.5. The normalized spacial score (nSPS) is 18.8. The van der Waals surface area contributed by atoms with Crippen LogP contribution in [0.4, 0.5) is 10.5 Å². The van der Waals surface area contributed by atoms with Crippen molar-refractivity contribution in [2.24, 2.45) is 5.92 Å². The van der Waals surface area contributed by atoms with E-state index in [9.17, 15) is 14.4 Å². The number of imide groups is 1. The number of amides is 4. The lowest BCUT2D eigenvalue weighted by atomic mass is 10.1. The summed E-state index contributed by atoms with van der Waals surface area (Å²) in [6.07, 6.45) is 1.72. The van der Waals surface area contributed by atoms with Crippen LogP contribution in [-0.4, -0.2) is 58.5 Å². The quantitative estimate of drug-likeness (QED) is 0.713. The van der Waals surface area contributed by atoms with Crippen LogP contribution in [0, 0.1) is 5.92 Å². The summed E-state index contributed by atoms with van der Waals surface area (Å²) in [5.74, 6) is 0.0124. The lowest BCUT2D eigenvalue weighted by Gasteiger charge is -2.25. The maximum absolute atomic E-state index is 12.9. The fourth-order valence-corrected chi connectivity index (χ4v) is 4.25. The third-order valence-corrected chi connectivity index (χ3v) is 5.57. The molecule has 1 atom stereocenters. The van der Waals surface area contributed by atoms with E-state index in [-0.39, 0.29) is 24.3 Å². The van der Waals surface area contributed by atoms with Crippen LogP contribution in [0.15, 0.2) is 29.7 Å². The van der Waals surface area contributed by atoms with Crippen LogP contribution in [0.1, 0.15) is 13.8 Å². The summed E-state index contributed by atoms with van der Waals surface area (Å²) < 4.78 is 6.46. The number of fused-ring (bicyclic) bond motifs is 1. The number of anilines is 1. The number of methoxy groups -OCH3 is 1. The second-order valence-electron chi connectivity index (χ2n) is 6.85. The Labute approximate surface area is 172 Å². The molecule has 0 saturated heterocycles. The van der Waals surface area contributed by atoms with Crippen molar-refractivity contribution in [3.05, 3.63) is 34.7 Å². The van der Waals surface area contributed by atoms with E-state index in [0.29, 0.717) is 28.7 Å². The molecule has 0 aromatic heterocycles. The number of benzene rings is 1. The Balaban J connectivity index is 1.81. The van der Waals surface area contributed by atoms with Crippen LogP contribution < -0.4 is 10.1 Å². The molecule has 2 aliphatic rings. The third-order valence-electron chi connectivity index (χ3n) is 4.27. The van der Waals surface area contributed by atoms with Crippen molar-refractivity contribution in [3.8, 4) is 5.75 Å². The lowest BCUT2D eigenvalue weighted by Crippen LogP contribution is -2.57. The standard InChI is InChI=1S/C19H20ClN3O4S/c1-11(2)9-23-18(25)17-14(6-7-28-17)22(19(23)26)10-16(24)21-12-4-5-15(27-3)13(20)8-12/h4-8,11,17H,9-10H2,1-3H3/p+1. The van der Waals surface area contributed by atoms with Gasteiger partial charge in [-0.3, -0.25) is 4.79 Å². The average molecular weight is 423 g/mol. The molecule has 1 aromatic rings. The summed E-state index contributed by atoms with van der Waals surface area (Å²) >= 11 is 7.43. The molecule has 1 N–H and O–H groups in total. The number of urea groups is 1. The number of allylic oxidation sites excluding steroid dienone is 1. The second kappa shape index (κ2) is 8.36. The number of carbonyl (C=O) groups is 3. The minimum absolute atomic E-state index is 0.130.